The van der Waals surface area contributed by atoms with Crippen LogP contribution in [-0.4, -0.2) is 36.7 Å². The molecule has 0 radical (unpaired) electrons. The van der Waals surface area contributed by atoms with E-state index in [1.54, 1.807) is 18.2 Å². The van der Waals surface area contributed by atoms with Crippen LogP contribution in [0.3, 0.4) is 0 Å². The Morgan fingerprint density at radius 1 is 1.06 bits per heavy atom. The highest BCUT2D eigenvalue weighted by atomic mass is 16.7. The van der Waals surface area contributed by atoms with E-state index in [1.807, 2.05) is 64.1 Å². The molecule has 7 nitrogen and oxygen atoms in total. The van der Waals surface area contributed by atoms with E-state index in [1.165, 1.54) is 6.92 Å². The number of nitrogens with one attached hydrogen (secondary N) is 1. The zero-order chi connectivity index (χ0) is 24.2. The second-order valence-corrected chi connectivity index (χ2v) is 9.12. The molecule has 0 aliphatic carbocycles. The van der Waals surface area contributed by atoms with Crippen molar-refractivity contribution in [1.82, 2.24) is 5.32 Å². The van der Waals surface area contributed by atoms with Crippen LogP contribution in [0.15, 0.2) is 54.0 Å². The fourth-order valence-electron chi connectivity index (χ4n) is 3.27. The molecule has 174 valence electrons. The molecular weight excluding hydrogens is 419 g/mol. The molecule has 3 N–H and O–H groups in total. The molecule has 0 saturated carbocycles. The van der Waals surface area contributed by atoms with Crippen molar-refractivity contribution < 1.29 is 23.6 Å². The number of carbonyl (C=O) groups excluding carboxylic acids is 2. The summed E-state index contributed by atoms with van der Waals surface area (Å²) in [4.78, 5) is 24.0. The maximum Gasteiger partial charge on any atom is 0.492 e. The quantitative estimate of drug-likeness (QED) is 0.368. The third-order valence-corrected chi connectivity index (χ3v) is 6.04. The minimum Gasteiger partial charge on any atom is -0.445 e. The first kappa shape index (κ1) is 24.5. The number of benzene rings is 2. The average molecular weight is 450 g/mol. The van der Waals surface area contributed by atoms with Crippen molar-refractivity contribution in [3.05, 3.63) is 70.7 Å². The fraction of sp³-hybridized carbons (Fsp3) is 0.360. The third-order valence-electron chi connectivity index (χ3n) is 6.04. The van der Waals surface area contributed by atoms with E-state index in [-0.39, 0.29) is 18.9 Å². The lowest BCUT2D eigenvalue weighted by Gasteiger charge is -2.32. The van der Waals surface area contributed by atoms with Crippen molar-refractivity contribution in [3.8, 4) is 0 Å². The Labute approximate surface area is 195 Å². The number of alkyl carbamates (subject to hydrolysis) is 1. The highest BCUT2D eigenvalue weighted by molar-refractivity contribution is 6.56. The molecule has 2 aromatic rings. The largest absolute Gasteiger partial charge is 0.492 e. The molecule has 1 heterocycles. The predicted octanol–water partition coefficient (Wildman–Crippen LogP) is 4.41. The van der Waals surface area contributed by atoms with Gasteiger partial charge in [-0.1, -0.05) is 48.5 Å². The molecule has 0 aromatic heterocycles. The van der Waals surface area contributed by atoms with Gasteiger partial charge in [0.2, 0.25) is 0 Å². The molecule has 0 unspecified atom stereocenters. The first-order chi connectivity index (χ1) is 15.5. The predicted molar refractivity (Wildman–Crippen MR) is 130 cm³/mol. The van der Waals surface area contributed by atoms with Crippen LogP contribution in [0.4, 0.5) is 10.5 Å². The summed E-state index contributed by atoms with van der Waals surface area (Å²) in [5.41, 5.74) is 8.34. The summed E-state index contributed by atoms with van der Waals surface area (Å²) in [7, 11) is -0.684. The zero-order valence-electron chi connectivity index (χ0n) is 19.8. The summed E-state index contributed by atoms with van der Waals surface area (Å²) in [5, 5.41) is 2.77. The molecule has 0 atom stereocenters. The van der Waals surface area contributed by atoms with Crippen LogP contribution in [0.25, 0.3) is 6.08 Å². The molecular formula is C25H31BN2O5. The molecule has 1 aliphatic rings. The van der Waals surface area contributed by atoms with Gasteiger partial charge >= 0.3 is 13.2 Å². The van der Waals surface area contributed by atoms with Crippen LogP contribution in [0.1, 0.15) is 56.1 Å². The summed E-state index contributed by atoms with van der Waals surface area (Å²) < 4.78 is 17.7. The summed E-state index contributed by atoms with van der Waals surface area (Å²) in [6.07, 6.45) is 1.26. The summed E-state index contributed by atoms with van der Waals surface area (Å²) in [5.74, 6) is -0.0637. The topological polar surface area (TPSA) is 99.9 Å². The SMILES string of the molecule is CC(=O)c1ccc(C=C(CNC(=O)OCc2ccccc2)B2OC(C)(C)C(C)(C)O2)c(N)c1. The van der Waals surface area contributed by atoms with Crippen molar-refractivity contribution in [1.29, 1.82) is 0 Å². The Balaban J connectivity index is 1.78. The second kappa shape index (κ2) is 9.81. The average Bonchev–Trinajstić information content (AvgIpc) is 2.98. The second-order valence-electron chi connectivity index (χ2n) is 9.12. The molecule has 2 aromatic carbocycles. The number of amides is 1. The van der Waals surface area contributed by atoms with E-state index < -0.39 is 24.4 Å². The Kier molecular flexibility index (Phi) is 7.30. The maximum absolute atomic E-state index is 12.3. The number of anilines is 1. The molecule has 1 amide bonds. The molecule has 3 rings (SSSR count). The molecule has 1 aliphatic heterocycles. The third kappa shape index (κ3) is 6.03. The van der Waals surface area contributed by atoms with E-state index in [0.29, 0.717) is 22.3 Å². The number of ether oxygens (including phenoxy) is 1. The van der Waals surface area contributed by atoms with Crippen molar-refractivity contribution in [2.75, 3.05) is 12.3 Å². The lowest BCUT2D eigenvalue weighted by molar-refractivity contribution is 0.00578. The van der Waals surface area contributed by atoms with Crippen LogP contribution in [0, 0.1) is 0 Å². The van der Waals surface area contributed by atoms with Gasteiger partial charge in [0.05, 0.1) is 11.2 Å². The Bertz CT molecular complexity index is 1030. The highest BCUT2D eigenvalue weighted by Gasteiger charge is 2.52. The number of carbonyl (C=O) groups is 2. The van der Waals surface area contributed by atoms with Crippen LogP contribution in [0.5, 0.6) is 0 Å². The van der Waals surface area contributed by atoms with Gasteiger partial charge in [-0.15, -0.1) is 0 Å². The first-order valence-corrected chi connectivity index (χ1v) is 10.9. The molecule has 0 bridgehead atoms. The summed E-state index contributed by atoms with van der Waals surface area (Å²) >= 11 is 0. The minimum atomic E-state index is -0.684. The smallest absolute Gasteiger partial charge is 0.445 e. The number of nitrogen functional groups attached to an aromatic ring is 1. The monoisotopic (exact) mass is 450 g/mol. The number of hydrogen-bond donors (Lipinski definition) is 2. The van der Waals surface area contributed by atoms with Crippen LogP contribution >= 0.6 is 0 Å². The van der Waals surface area contributed by atoms with E-state index in [2.05, 4.69) is 5.32 Å². The Hall–Kier alpha value is -3.10. The van der Waals surface area contributed by atoms with Crippen molar-refractivity contribution >= 4 is 30.8 Å². The van der Waals surface area contributed by atoms with Crippen molar-refractivity contribution in [3.63, 3.8) is 0 Å². The van der Waals surface area contributed by atoms with Crippen molar-refractivity contribution in [2.24, 2.45) is 0 Å². The van der Waals surface area contributed by atoms with E-state index >= 15 is 0 Å². The number of nitrogens with two attached hydrogens (primary N) is 1. The molecule has 8 heteroatoms. The lowest BCUT2D eigenvalue weighted by Crippen LogP contribution is -2.41. The van der Waals surface area contributed by atoms with Gasteiger partial charge in [0.1, 0.15) is 6.61 Å². The summed E-state index contributed by atoms with van der Waals surface area (Å²) in [6, 6.07) is 14.6. The van der Waals surface area contributed by atoms with Gasteiger partial charge in [-0.3, -0.25) is 4.79 Å². The number of Topliss-reactive ketones (excluding diaryl/α,β-unsaturated/α-hetero) is 1. The van der Waals surface area contributed by atoms with E-state index in [4.69, 9.17) is 19.8 Å². The molecule has 1 saturated heterocycles. The standard InChI is InChI=1S/C25H31BN2O5/c1-17(29)19-11-12-20(22(27)14-19)13-21(26-32-24(2,3)25(4,5)33-26)15-28-23(30)31-16-18-9-7-6-8-10-18/h6-14H,15-16,27H2,1-5H3,(H,28,30). The molecule has 0 spiro atoms. The number of hydrogen-bond acceptors (Lipinski definition) is 6. The lowest BCUT2D eigenvalue weighted by atomic mass is 9.76. The number of ketones is 1. The van der Waals surface area contributed by atoms with Gasteiger partial charge < -0.3 is 25.1 Å². The van der Waals surface area contributed by atoms with Crippen LogP contribution < -0.4 is 11.1 Å². The number of rotatable bonds is 7. The van der Waals surface area contributed by atoms with E-state index in [9.17, 15) is 9.59 Å². The Morgan fingerprint density at radius 3 is 2.27 bits per heavy atom. The molecule has 1 fully saturated rings. The Morgan fingerprint density at radius 2 is 1.70 bits per heavy atom. The first-order valence-electron chi connectivity index (χ1n) is 10.9. The fourth-order valence-corrected chi connectivity index (χ4v) is 3.27. The van der Waals surface area contributed by atoms with Gasteiger partial charge in [0.25, 0.3) is 0 Å². The minimum absolute atomic E-state index is 0.0637. The van der Waals surface area contributed by atoms with Gasteiger partial charge in [-0.25, -0.2) is 4.79 Å². The van der Waals surface area contributed by atoms with Crippen molar-refractivity contribution in [2.45, 2.75) is 52.4 Å². The van der Waals surface area contributed by atoms with E-state index in [0.717, 1.165) is 5.56 Å². The van der Waals surface area contributed by atoms with Gasteiger partial charge in [-0.05, 0) is 57.3 Å². The highest BCUT2D eigenvalue weighted by Crippen LogP contribution is 2.39. The van der Waals surface area contributed by atoms with Gasteiger partial charge in [0.15, 0.2) is 5.78 Å². The maximum atomic E-state index is 12.3. The molecule has 33 heavy (non-hydrogen) atoms. The van der Waals surface area contributed by atoms with Crippen LogP contribution in [-0.2, 0) is 20.7 Å². The normalized spacial score (nSPS) is 17.0. The summed E-state index contributed by atoms with van der Waals surface area (Å²) in [6.45, 7) is 9.64. The van der Waals surface area contributed by atoms with Gasteiger partial charge in [0, 0.05) is 17.8 Å². The zero-order valence-corrected chi connectivity index (χ0v) is 19.8. The van der Waals surface area contributed by atoms with Crippen LogP contribution in [0.2, 0.25) is 0 Å². The van der Waals surface area contributed by atoms with Gasteiger partial charge in [-0.2, -0.15) is 0 Å².